The number of phenols is 1. The molecule has 65 heavy (non-hydrogen) atoms. The fourth-order valence-electron chi connectivity index (χ4n) is 12.5. The number of fused-ring (bicyclic) bond motifs is 3. The zero-order valence-corrected chi connectivity index (χ0v) is 37.5. The van der Waals surface area contributed by atoms with Crippen molar-refractivity contribution in [2.45, 2.75) is 95.7 Å². The van der Waals surface area contributed by atoms with Crippen molar-refractivity contribution in [2.24, 2.45) is 11.3 Å². The number of nitrogen functional groups attached to an aromatic ring is 1. The molecule has 6 fully saturated rings. The predicted octanol–water partition coefficient (Wildman–Crippen LogP) is 8.25. The molecule has 14 heteroatoms. The standard InChI is InChI=1S/C51H61FN10O3/c1-33-29-61(44-11-9-36(26-41(33)44)60-23-16-48(64)54-50(60)65)35-12-17-51(18-13-35)19-24-57(25-20-51)30-34-14-21-58(22-15-34)45-27-37(8-10-42(45)52)62-38-6-7-39(62)32-59(31-38)46-28-43(55-56-49(46)53)40-4-2-3-5-47(40)63/h2-5,8-11,26-29,34-35,38-39,63H,6-7,12-25,30-32H2,1H3,(H2,53,56)(H,54,64,65). The average molecular weight is 881 g/mol. The maximum absolute atomic E-state index is 15.7. The van der Waals surface area contributed by atoms with E-state index in [9.17, 15) is 14.7 Å². The molecule has 2 unspecified atom stereocenters. The van der Waals surface area contributed by atoms with Crippen molar-refractivity contribution in [1.29, 1.82) is 0 Å². The number of aromatic hydroxyl groups is 1. The zero-order chi connectivity index (χ0) is 44.4. The lowest BCUT2D eigenvalue weighted by Crippen LogP contribution is -2.54. The fourth-order valence-corrected chi connectivity index (χ4v) is 12.5. The Morgan fingerprint density at radius 3 is 2.26 bits per heavy atom. The van der Waals surface area contributed by atoms with Crippen molar-refractivity contribution >= 4 is 51.4 Å². The SMILES string of the molecule is Cc1cn(C2CCC3(CC2)CCN(CC2CCN(c4cc(N5C6CCC5CN(c5cc(-c7ccccc7O)nnc5N)C6)ccc4F)CC2)CC3)c2ccc(N3CCC(=O)NC3=O)cc12. The number of imide groups is 1. The summed E-state index contributed by atoms with van der Waals surface area (Å²) in [6.45, 7) is 9.36. The number of likely N-dealkylation sites (tertiary alicyclic amines) is 1. The third kappa shape index (κ3) is 7.91. The number of amides is 3. The molecule has 13 nitrogen and oxygen atoms in total. The van der Waals surface area contributed by atoms with Gasteiger partial charge in [-0.15, -0.1) is 10.2 Å². The number of benzene rings is 3. The van der Waals surface area contributed by atoms with Gasteiger partial charge in [-0.2, -0.15) is 0 Å². The molecule has 5 aliphatic heterocycles. The highest BCUT2D eigenvalue weighted by Gasteiger charge is 2.42. The van der Waals surface area contributed by atoms with Crippen LogP contribution in [0.25, 0.3) is 22.2 Å². The van der Waals surface area contributed by atoms with Gasteiger partial charge in [-0.3, -0.25) is 15.0 Å². The Bertz CT molecular complexity index is 2590. The summed E-state index contributed by atoms with van der Waals surface area (Å²) in [5.41, 5.74) is 14.0. The number of urea groups is 1. The lowest BCUT2D eigenvalue weighted by Gasteiger charge is -2.47. The number of piperazine rings is 1. The molecule has 3 amide bonds. The van der Waals surface area contributed by atoms with Gasteiger partial charge in [0.25, 0.3) is 0 Å². The third-order valence-corrected chi connectivity index (χ3v) is 16.2. The van der Waals surface area contributed by atoms with Crippen LogP contribution in [0.4, 0.5) is 37.8 Å². The number of halogens is 1. The van der Waals surface area contributed by atoms with E-state index in [0.29, 0.717) is 47.4 Å². The van der Waals surface area contributed by atoms with Crippen LogP contribution < -0.4 is 30.7 Å². The highest BCUT2D eigenvalue weighted by atomic mass is 19.1. The number of para-hydroxylation sites is 1. The van der Waals surface area contributed by atoms with Crippen molar-refractivity contribution < 1.29 is 19.1 Å². The first-order valence-corrected chi connectivity index (χ1v) is 24.0. The number of phenolic OH excluding ortho intramolecular Hbond substituents is 1. The molecule has 5 saturated heterocycles. The second-order valence-corrected chi connectivity index (χ2v) is 20.0. The maximum Gasteiger partial charge on any atom is 0.328 e. The molecule has 2 bridgehead atoms. The first kappa shape index (κ1) is 41.8. The molecule has 2 aromatic heterocycles. The quantitative estimate of drug-likeness (QED) is 0.140. The van der Waals surface area contributed by atoms with E-state index in [1.54, 1.807) is 23.1 Å². The molecular weight excluding hydrogens is 820 g/mol. The molecule has 5 aromatic rings. The molecule has 0 radical (unpaired) electrons. The van der Waals surface area contributed by atoms with E-state index in [4.69, 9.17) is 5.73 Å². The molecule has 6 aliphatic rings. The number of anilines is 5. The molecule has 11 rings (SSSR count). The van der Waals surface area contributed by atoms with Gasteiger partial charge in [0.2, 0.25) is 5.91 Å². The Kier molecular flexibility index (Phi) is 10.8. The summed E-state index contributed by atoms with van der Waals surface area (Å²) >= 11 is 0. The van der Waals surface area contributed by atoms with Crippen LogP contribution in [0, 0.1) is 24.1 Å². The number of nitrogens with zero attached hydrogens (tertiary/aromatic N) is 8. The smallest absolute Gasteiger partial charge is 0.328 e. The van der Waals surface area contributed by atoms with E-state index in [2.05, 4.69) is 71.0 Å². The predicted molar refractivity (Wildman–Crippen MR) is 254 cm³/mol. The van der Waals surface area contributed by atoms with E-state index < -0.39 is 0 Å². The Morgan fingerprint density at radius 1 is 0.785 bits per heavy atom. The Morgan fingerprint density at radius 2 is 1.52 bits per heavy atom. The molecule has 1 spiro atoms. The van der Waals surface area contributed by atoms with E-state index in [1.165, 1.54) is 68.1 Å². The van der Waals surface area contributed by atoms with Crippen LogP contribution in [-0.4, -0.2) is 101 Å². The van der Waals surface area contributed by atoms with Gasteiger partial charge in [-0.05, 0) is 156 Å². The van der Waals surface area contributed by atoms with Gasteiger partial charge in [-0.25, -0.2) is 9.18 Å². The number of piperidine rings is 2. The normalized spacial score (nSPS) is 23.2. The van der Waals surface area contributed by atoms with E-state index in [0.717, 1.165) is 81.2 Å². The number of carbonyl (C=O) groups is 2. The van der Waals surface area contributed by atoms with E-state index >= 15 is 4.39 Å². The minimum atomic E-state index is -0.342. The number of nitrogens with one attached hydrogen (secondary N) is 1. The first-order valence-electron chi connectivity index (χ1n) is 24.0. The molecule has 1 aliphatic carbocycles. The molecule has 2 atom stereocenters. The van der Waals surface area contributed by atoms with E-state index in [1.807, 2.05) is 30.3 Å². The van der Waals surface area contributed by atoms with Crippen molar-refractivity contribution in [3.05, 3.63) is 84.3 Å². The van der Waals surface area contributed by atoms with Crippen LogP contribution in [0.5, 0.6) is 5.75 Å². The van der Waals surface area contributed by atoms with Crippen molar-refractivity contribution in [1.82, 2.24) is 25.0 Å². The molecule has 4 N–H and O–H groups in total. The number of aryl methyl sites for hydroxylation is 1. The summed E-state index contributed by atoms with van der Waals surface area (Å²) in [5, 5.41) is 22.7. The maximum atomic E-state index is 15.7. The van der Waals surface area contributed by atoms with Crippen molar-refractivity contribution in [3.63, 3.8) is 0 Å². The zero-order valence-electron chi connectivity index (χ0n) is 37.5. The largest absolute Gasteiger partial charge is 0.507 e. The number of hydrogen-bond acceptors (Lipinski definition) is 10. The Labute approximate surface area is 380 Å². The summed E-state index contributed by atoms with van der Waals surface area (Å²) in [4.78, 5) is 35.7. The molecule has 3 aromatic carbocycles. The van der Waals surface area contributed by atoms with Crippen LogP contribution in [0.3, 0.4) is 0 Å². The third-order valence-electron chi connectivity index (χ3n) is 16.2. The highest BCUT2D eigenvalue weighted by molar-refractivity contribution is 6.06. The van der Waals surface area contributed by atoms with Crippen LogP contribution >= 0.6 is 0 Å². The monoisotopic (exact) mass is 880 g/mol. The van der Waals surface area contributed by atoms with Crippen molar-refractivity contribution in [3.8, 4) is 17.0 Å². The molecule has 7 heterocycles. The fraction of sp³-hybridized carbons (Fsp3) is 0.490. The topological polar surface area (TPSA) is 139 Å². The van der Waals surface area contributed by atoms with Gasteiger partial charge >= 0.3 is 6.03 Å². The summed E-state index contributed by atoms with van der Waals surface area (Å²) in [7, 11) is 0. The van der Waals surface area contributed by atoms with Crippen molar-refractivity contribution in [2.75, 3.05) is 77.7 Å². The second kappa shape index (κ2) is 16.8. The van der Waals surface area contributed by atoms with Crippen LogP contribution in [0.1, 0.15) is 82.2 Å². The minimum absolute atomic E-state index is 0.140. The van der Waals surface area contributed by atoms with E-state index in [-0.39, 0.29) is 35.6 Å². The summed E-state index contributed by atoms with van der Waals surface area (Å²) in [5.74, 6) is 0.822. The second-order valence-electron chi connectivity index (χ2n) is 20.0. The minimum Gasteiger partial charge on any atom is -0.507 e. The summed E-state index contributed by atoms with van der Waals surface area (Å²) in [6.07, 6.45) is 14.4. The number of aromatic nitrogens is 3. The number of rotatable bonds is 8. The first-order chi connectivity index (χ1) is 31.6. The van der Waals surface area contributed by atoms with Crippen LogP contribution in [0.2, 0.25) is 0 Å². The Hall–Kier alpha value is -5.89. The average Bonchev–Trinajstić information content (AvgIpc) is 3.78. The van der Waals surface area contributed by atoms with Gasteiger partial charge in [0, 0.05) is 97.9 Å². The van der Waals surface area contributed by atoms with Gasteiger partial charge in [0.15, 0.2) is 5.82 Å². The van der Waals surface area contributed by atoms with Crippen LogP contribution in [-0.2, 0) is 4.79 Å². The lowest BCUT2D eigenvalue weighted by atomic mass is 9.67. The summed E-state index contributed by atoms with van der Waals surface area (Å²) < 4.78 is 18.1. The number of hydrogen-bond donors (Lipinski definition) is 3. The van der Waals surface area contributed by atoms with Crippen LogP contribution in [0.15, 0.2) is 72.9 Å². The van der Waals surface area contributed by atoms with Gasteiger partial charge < -0.3 is 35.0 Å². The number of nitrogens with two attached hydrogens (primary N) is 1. The van der Waals surface area contributed by atoms with Gasteiger partial charge in [0.1, 0.15) is 11.6 Å². The van der Waals surface area contributed by atoms with Gasteiger partial charge in [-0.1, -0.05) is 12.1 Å². The number of carbonyl (C=O) groups excluding carboxylic acids is 2. The molecule has 1 saturated carbocycles. The highest BCUT2D eigenvalue weighted by Crippen LogP contribution is 2.49. The van der Waals surface area contributed by atoms with Gasteiger partial charge in [0.05, 0.1) is 17.1 Å². The summed E-state index contributed by atoms with van der Waals surface area (Å²) in [6, 6.07) is 21.8. The lowest BCUT2D eigenvalue weighted by molar-refractivity contribution is -0.120. The Balaban J connectivity index is 0.668. The molecule has 340 valence electrons. The molecular formula is C51H61FN10O3.